The largest absolute Gasteiger partial charge is 0.481 e. The number of aliphatic hydroxyl groups excluding tert-OH is 1. The Morgan fingerprint density at radius 2 is 1.89 bits per heavy atom. The van der Waals surface area contributed by atoms with Crippen molar-refractivity contribution in [2.24, 2.45) is 0 Å². The van der Waals surface area contributed by atoms with Crippen LogP contribution in [0.15, 0.2) is 67.8 Å². The summed E-state index contributed by atoms with van der Waals surface area (Å²) in [7, 11) is 0. The number of aliphatic carboxylic acids is 1. The van der Waals surface area contributed by atoms with Gasteiger partial charge in [0.15, 0.2) is 0 Å². The number of anilines is 1. The minimum Gasteiger partial charge on any atom is -0.481 e. The smallest absolute Gasteiger partial charge is 0.304 e. The van der Waals surface area contributed by atoms with Gasteiger partial charge >= 0.3 is 5.97 Å². The molecular formula is C32H43N3O3. The Balaban J connectivity index is 0.000000211. The zero-order valence-corrected chi connectivity index (χ0v) is 22.6. The molecule has 0 bridgehead atoms. The van der Waals surface area contributed by atoms with Gasteiger partial charge in [0.1, 0.15) is 5.82 Å². The van der Waals surface area contributed by atoms with Gasteiger partial charge in [0, 0.05) is 18.2 Å². The van der Waals surface area contributed by atoms with E-state index < -0.39 is 11.9 Å². The molecule has 1 unspecified atom stereocenters. The van der Waals surface area contributed by atoms with Crippen molar-refractivity contribution >= 4 is 17.4 Å². The lowest BCUT2D eigenvalue weighted by Gasteiger charge is -2.26. The summed E-state index contributed by atoms with van der Waals surface area (Å²) in [5, 5.41) is 21.7. The second-order valence-electron chi connectivity index (χ2n) is 9.97. The first-order chi connectivity index (χ1) is 18.5. The molecule has 2 aromatic rings. The van der Waals surface area contributed by atoms with Gasteiger partial charge in [-0.1, -0.05) is 68.1 Å². The highest BCUT2D eigenvalue weighted by Gasteiger charge is 2.18. The maximum atomic E-state index is 10.9. The third-order valence-electron chi connectivity index (χ3n) is 7.18. The summed E-state index contributed by atoms with van der Waals surface area (Å²) < 4.78 is 0. The number of rotatable bonds is 11. The van der Waals surface area contributed by atoms with Crippen LogP contribution >= 0.6 is 0 Å². The summed E-state index contributed by atoms with van der Waals surface area (Å²) in [4.78, 5) is 18.2. The van der Waals surface area contributed by atoms with Gasteiger partial charge in [-0.2, -0.15) is 0 Å². The van der Waals surface area contributed by atoms with Crippen molar-refractivity contribution in [3.63, 3.8) is 0 Å². The van der Waals surface area contributed by atoms with E-state index in [1.807, 2.05) is 24.3 Å². The molecule has 1 saturated heterocycles. The molecule has 3 N–H and O–H groups in total. The minimum absolute atomic E-state index is 0.105. The lowest BCUT2D eigenvalue weighted by Crippen LogP contribution is -2.30. The van der Waals surface area contributed by atoms with Crippen LogP contribution in [-0.4, -0.2) is 58.9 Å². The predicted molar refractivity (Wildman–Crippen MR) is 157 cm³/mol. The van der Waals surface area contributed by atoms with Gasteiger partial charge in [0.25, 0.3) is 0 Å². The minimum atomic E-state index is -0.929. The summed E-state index contributed by atoms with van der Waals surface area (Å²) >= 11 is 0. The van der Waals surface area contributed by atoms with Gasteiger partial charge in [-0.15, -0.1) is 0 Å². The second-order valence-corrected chi connectivity index (χ2v) is 9.97. The highest BCUT2D eigenvalue weighted by atomic mass is 16.4. The van der Waals surface area contributed by atoms with E-state index in [2.05, 4.69) is 35.5 Å². The topological polar surface area (TPSA) is 85.7 Å². The van der Waals surface area contributed by atoms with Crippen LogP contribution < -0.4 is 5.32 Å². The van der Waals surface area contributed by atoms with Crippen LogP contribution in [0, 0.1) is 0 Å². The van der Waals surface area contributed by atoms with Crippen molar-refractivity contribution in [1.82, 2.24) is 9.88 Å². The molecule has 0 spiro atoms. The zero-order valence-electron chi connectivity index (χ0n) is 22.6. The molecule has 0 aliphatic carbocycles. The Labute approximate surface area is 227 Å². The molecule has 3 heterocycles. The van der Waals surface area contributed by atoms with Crippen molar-refractivity contribution in [3.05, 3.63) is 90.2 Å². The molecule has 6 nitrogen and oxygen atoms in total. The lowest BCUT2D eigenvalue weighted by molar-refractivity contribution is -0.137. The number of nitrogens with one attached hydrogen (secondary N) is 1. The molecule has 6 heteroatoms. The van der Waals surface area contributed by atoms with Crippen LogP contribution in [0.1, 0.15) is 66.8 Å². The van der Waals surface area contributed by atoms with Crippen LogP contribution in [0.3, 0.4) is 0 Å². The van der Waals surface area contributed by atoms with Crippen molar-refractivity contribution in [1.29, 1.82) is 0 Å². The highest BCUT2D eigenvalue weighted by molar-refractivity contribution is 5.78. The van der Waals surface area contributed by atoms with Crippen LogP contribution in [0.5, 0.6) is 0 Å². The number of pyridine rings is 1. The molecule has 4 rings (SSSR count). The summed E-state index contributed by atoms with van der Waals surface area (Å²) in [6, 6.07) is 11.9. The molecule has 0 saturated carbocycles. The number of aliphatic hydroxyl groups is 1. The van der Waals surface area contributed by atoms with E-state index in [0.29, 0.717) is 0 Å². The van der Waals surface area contributed by atoms with E-state index in [-0.39, 0.29) is 13.0 Å². The summed E-state index contributed by atoms with van der Waals surface area (Å²) in [6.07, 6.45) is 14.0. The van der Waals surface area contributed by atoms with Crippen molar-refractivity contribution in [3.8, 4) is 0 Å². The van der Waals surface area contributed by atoms with E-state index in [1.54, 1.807) is 18.2 Å². The molecule has 2 aliphatic heterocycles. The first-order valence-corrected chi connectivity index (χ1v) is 13.9. The molecule has 1 fully saturated rings. The number of carboxylic acid groups (broad SMARTS) is 1. The SMILES string of the molecule is C=C/C=C(\C=C)c1ccccc1C(CO)CC(=O)O.c1cc2c(nc1CCCN1CCCCC1)NCCC2. The summed E-state index contributed by atoms with van der Waals surface area (Å²) in [5.74, 6) is -0.217. The maximum absolute atomic E-state index is 10.9. The molecule has 1 atom stereocenters. The summed E-state index contributed by atoms with van der Waals surface area (Å²) in [6.45, 7) is 12.1. The predicted octanol–water partition coefficient (Wildman–Crippen LogP) is 5.85. The average Bonchev–Trinajstić information content (AvgIpc) is 2.95. The zero-order chi connectivity index (χ0) is 27.2. The number of likely N-dealkylation sites (tertiary alicyclic amines) is 1. The number of piperidine rings is 1. The Hall–Kier alpha value is -3.22. The van der Waals surface area contributed by atoms with Gasteiger partial charge < -0.3 is 20.4 Å². The normalized spacial score (nSPS) is 16.3. The van der Waals surface area contributed by atoms with Crippen LogP contribution in [0.4, 0.5) is 5.82 Å². The summed E-state index contributed by atoms with van der Waals surface area (Å²) in [5.41, 5.74) is 5.18. The van der Waals surface area contributed by atoms with Gasteiger partial charge in [-0.25, -0.2) is 4.98 Å². The Morgan fingerprint density at radius 3 is 2.61 bits per heavy atom. The Morgan fingerprint density at radius 1 is 1.11 bits per heavy atom. The van der Waals surface area contributed by atoms with Gasteiger partial charge in [0.2, 0.25) is 0 Å². The molecule has 1 aromatic heterocycles. The fraction of sp³-hybridized carbons (Fsp3) is 0.438. The molecule has 2 aliphatic rings. The number of aryl methyl sites for hydroxylation is 2. The van der Waals surface area contributed by atoms with Crippen LogP contribution in [0.25, 0.3) is 5.57 Å². The monoisotopic (exact) mass is 517 g/mol. The number of hydrogen-bond donors (Lipinski definition) is 3. The van der Waals surface area contributed by atoms with Crippen LogP contribution in [-0.2, 0) is 17.6 Å². The van der Waals surface area contributed by atoms with E-state index in [4.69, 9.17) is 10.1 Å². The van der Waals surface area contributed by atoms with Gasteiger partial charge in [-0.3, -0.25) is 4.79 Å². The van der Waals surface area contributed by atoms with Crippen molar-refractivity contribution in [2.75, 3.05) is 38.1 Å². The van der Waals surface area contributed by atoms with Crippen LogP contribution in [0.2, 0.25) is 0 Å². The number of carbonyl (C=O) groups is 1. The maximum Gasteiger partial charge on any atom is 0.304 e. The van der Waals surface area contributed by atoms with Gasteiger partial charge in [-0.05, 0) is 86.5 Å². The van der Waals surface area contributed by atoms with E-state index in [0.717, 1.165) is 35.5 Å². The lowest BCUT2D eigenvalue weighted by atomic mass is 9.88. The number of aromatic nitrogens is 1. The molecule has 0 radical (unpaired) electrons. The van der Waals surface area contributed by atoms with Crippen molar-refractivity contribution < 1.29 is 15.0 Å². The highest BCUT2D eigenvalue weighted by Crippen LogP contribution is 2.29. The van der Waals surface area contributed by atoms with E-state index in [9.17, 15) is 9.90 Å². The van der Waals surface area contributed by atoms with Gasteiger partial charge in [0.05, 0.1) is 13.0 Å². The number of carboxylic acids is 1. The Kier molecular flexibility index (Phi) is 12.3. The molecular weight excluding hydrogens is 474 g/mol. The third kappa shape index (κ3) is 8.96. The standard InChI is InChI=1S/C16H25N3.C16H18O3/c1-2-11-19(12-3-1)13-5-7-15-9-8-14-6-4-10-17-16(14)18-15;1-3-7-12(4-2)14-8-5-6-9-15(14)13(11-17)10-16(18)19/h8-9H,1-7,10-13H2,(H,17,18);3-9,13,17H,1-2,10-11H2,(H,18,19)/b;12-7+. The quantitative estimate of drug-likeness (QED) is 0.324. The fourth-order valence-electron chi connectivity index (χ4n) is 5.17. The molecule has 204 valence electrons. The van der Waals surface area contributed by atoms with Crippen molar-refractivity contribution in [2.45, 2.75) is 57.3 Å². The molecule has 38 heavy (non-hydrogen) atoms. The fourth-order valence-corrected chi connectivity index (χ4v) is 5.17. The van der Waals surface area contributed by atoms with E-state index in [1.165, 1.54) is 69.4 Å². The number of allylic oxidation sites excluding steroid dienone is 4. The first-order valence-electron chi connectivity index (χ1n) is 13.9. The number of hydrogen-bond acceptors (Lipinski definition) is 5. The number of benzene rings is 1. The molecule has 0 amide bonds. The number of fused-ring (bicyclic) bond motifs is 1. The second kappa shape index (κ2) is 15.9. The molecule has 1 aromatic carbocycles. The Bertz CT molecular complexity index is 1090. The first kappa shape index (κ1) is 29.3. The third-order valence-corrected chi connectivity index (χ3v) is 7.18. The average molecular weight is 518 g/mol. The number of nitrogens with zero attached hydrogens (tertiary/aromatic N) is 2. The van der Waals surface area contributed by atoms with E-state index >= 15 is 0 Å².